The minimum absolute atomic E-state index is 0.169. The van der Waals surface area contributed by atoms with Gasteiger partial charge in [-0.25, -0.2) is 0 Å². The molecule has 0 aliphatic heterocycles. The van der Waals surface area contributed by atoms with Crippen molar-refractivity contribution in [3.63, 3.8) is 0 Å². The third kappa shape index (κ3) is 3.62. The van der Waals surface area contributed by atoms with E-state index in [1.54, 1.807) is 25.1 Å². The molecule has 0 aromatic heterocycles. The smallest absolute Gasteiger partial charge is 0.253 e. The zero-order chi connectivity index (χ0) is 11.4. The van der Waals surface area contributed by atoms with Crippen LogP contribution in [0.25, 0.3) is 0 Å². The second-order valence-electron chi connectivity index (χ2n) is 2.99. The van der Waals surface area contributed by atoms with Crippen LogP contribution in [0.15, 0.2) is 18.2 Å². The van der Waals surface area contributed by atoms with E-state index in [4.69, 9.17) is 16.3 Å². The van der Waals surface area contributed by atoms with Crippen LogP contribution < -0.4 is 5.32 Å². The molecule has 82 valence electrons. The summed E-state index contributed by atoms with van der Waals surface area (Å²) in [6.07, 6.45) is -0.462. The Hall–Kier alpha value is -0.330. The molecule has 0 heterocycles. The van der Waals surface area contributed by atoms with Gasteiger partial charge in [0.25, 0.3) is 5.91 Å². The largest absolute Gasteiger partial charge is 0.372 e. The first-order valence-electron chi connectivity index (χ1n) is 4.33. The number of nitrogens with one attached hydrogen (secondary N) is 1. The van der Waals surface area contributed by atoms with Gasteiger partial charge in [0.2, 0.25) is 0 Å². The zero-order valence-electron chi connectivity index (χ0n) is 8.38. The van der Waals surface area contributed by atoms with E-state index < -0.39 is 6.10 Å². The van der Waals surface area contributed by atoms with E-state index in [-0.39, 0.29) is 5.91 Å². The highest BCUT2D eigenvalue weighted by molar-refractivity contribution is 14.1. The molecule has 0 bridgehead atoms. The van der Waals surface area contributed by atoms with Gasteiger partial charge in [0.1, 0.15) is 6.10 Å². The predicted octanol–water partition coefficient (Wildman–Crippen LogP) is 2.92. The van der Waals surface area contributed by atoms with Crippen molar-refractivity contribution in [1.82, 2.24) is 0 Å². The van der Waals surface area contributed by atoms with Crippen LogP contribution in [0.4, 0.5) is 5.69 Å². The Morgan fingerprint density at radius 1 is 1.60 bits per heavy atom. The number of amides is 1. The fourth-order valence-electron chi connectivity index (χ4n) is 0.932. The van der Waals surface area contributed by atoms with Crippen LogP contribution in [-0.4, -0.2) is 19.1 Å². The van der Waals surface area contributed by atoms with Crippen LogP contribution in [-0.2, 0) is 9.53 Å². The molecule has 1 unspecified atom stereocenters. The summed E-state index contributed by atoms with van der Waals surface area (Å²) < 4.78 is 5.81. The summed E-state index contributed by atoms with van der Waals surface area (Å²) in [6.45, 7) is 1.69. The standard InChI is InChI=1S/C10H11ClINO2/c1-6(15-2)10(14)13-9-4-3-7(11)5-8(9)12/h3-6H,1-2H3,(H,13,14). The third-order valence-electron chi connectivity index (χ3n) is 1.91. The Morgan fingerprint density at radius 3 is 2.80 bits per heavy atom. The van der Waals surface area contributed by atoms with Crippen LogP contribution in [0, 0.1) is 3.57 Å². The summed E-state index contributed by atoms with van der Waals surface area (Å²) in [5.41, 5.74) is 0.744. The molecule has 5 heteroatoms. The average Bonchev–Trinajstić information content (AvgIpc) is 2.20. The topological polar surface area (TPSA) is 38.3 Å². The molecule has 1 amide bonds. The van der Waals surface area contributed by atoms with Crippen LogP contribution in [0.2, 0.25) is 5.02 Å². The van der Waals surface area contributed by atoms with Gasteiger partial charge in [0, 0.05) is 15.7 Å². The Bertz CT molecular complexity index is 370. The van der Waals surface area contributed by atoms with Crippen molar-refractivity contribution < 1.29 is 9.53 Å². The summed E-state index contributed by atoms with van der Waals surface area (Å²) in [6, 6.07) is 5.29. The van der Waals surface area contributed by atoms with Gasteiger partial charge in [-0.2, -0.15) is 0 Å². The molecule has 1 rings (SSSR count). The number of benzene rings is 1. The highest BCUT2D eigenvalue weighted by Gasteiger charge is 2.12. The summed E-state index contributed by atoms with van der Waals surface area (Å²) in [5, 5.41) is 3.41. The summed E-state index contributed by atoms with van der Waals surface area (Å²) in [5.74, 6) is -0.169. The van der Waals surface area contributed by atoms with Crippen molar-refractivity contribution >= 4 is 45.8 Å². The SMILES string of the molecule is COC(C)C(=O)Nc1ccc(Cl)cc1I. The van der Waals surface area contributed by atoms with E-state index in [1.165, 1.54) is 7.11 Å². The van der Waals surface area contributed by atoms with Crippen molar-refractivity contribution in [2.45, 2.75) is 13.0 Å². The lowest BCUT2D eigenvalue weighted by Crippen LogP contribution is -2.26. The molecule has 0 radical (unpaired) electrons. The number of hydrogen-bond donors (Lipinski definition) is 1. The molecule has 1 atom stereocenters. The Balaban J connectivity index is 2.77. The first-order valence-corrected chi connectivity index (χ1v) is 5.79. The van der Waals surface area contributed by atoms with Gasteiger partial charge in [-0.3, -0.25) is 4.79 Å². The third-order valence-corrected chi connectivity index (χ3v) is 3.04. The van der Waals surface area contributed by atoms with Crippen LogP contribution in [0.5, 0.6) is 0 Å². The molecule has 0 saturated carbocycles. The lowest BCUT2D eigenvalue weighted by Gasteiger charge is -2.11. The first-order chi connectivity index (χ1) is 7.04. The fraction of sp³-hybridized carbons (Fsp3) is 0.300. The Labute approximate surface area is 107 Å². The number of rotatable bonds is 3. The second-order valence-corrected chi connectivity index (χ2v) is 4.59. The van der Waals surface area contributed by atoms with Crippen molar-refractivity contribution in [2.24, 2.45) is 0 Å². The van der Waals surface area contributed by atoms with Gasteiger partial charge in [-0.15, -0.1) is 0 Å². The van der Waals surface area contributed by atoms with E-state index in [2.05, 4.69) is 27.9 Å². The molecule has 1 aromatic carbocycles. The van der Waals surface area contributed by atoms with Gasteiger partial charge < -0.3 is 10.1 Å². The average molecular weight is 340 g/mol. The molecule has 3 nitrogen and oxygen atoms in total. The number of anilines is 1. The van der Waals surface area contributed by atoms with Gasteiger partial charge in [0.05, 0.1) is 5.69 Å². The first kappa shape index (κ1) is 12.7. The number of hydrogen-bond acceptors (Lipinski definition) is 2. The highest BCUT2D eigenvalue weighted by Crippen LogP contribution is 2.22. The van der Waals surface area contributed by atoms with Crippen LogP contribution in [0.1, 0.15) is 6.92 Å². The van der Waals surface area contributed by atoms with Crippen molar-refractivity contribution in [3.05, 3.63) is 26.8 Å². The van der Waals surface area contributed by atoms with E-state index >= 15 is 0 Å². The zero-order valence-corrected chi connectivity index (χ0v) is 11.3. The normalized spacial score (nSPS) is 12.3. The minimum atomic E-state index is -0.462. The Kier molecular flexibility index (Phi) is 4.82. The molecule has 0 aliphatic rings. The van der Waals surface area contributed by atoms with Gasteiger partial charge in [0.15, 0.2) is 0 Å². The fourth-order valence-corrected chi connectivity index (χ4v) is 1.94. The Morgan fingerprint density at radius 2 is 2.27 bits per heavy atom. The molecular formula is C10H11ClINO2. The molecule has 1 N–H and O–H groups in total. The summed E-state index contributed by atoms with van der Waals surface area (Å²) in [4.78, 5) is 11.5. The predicted molar refractivity (Wildman–Crippen MR) is 69.3 cm³/mol. The molecule has 0 fully saturated rings. The lowest BCUT2D eigenvalue weighted by molar-refractivity contribution is -0.124. The molecule has 15 heavy (non-hydrogen) atoms. The number of carbonyl (C=O) groups is 1. The number of carbonyl (C=O) groups excluding carboxylic acids is 1. The maximum Gasteiger partial charge on any atom is 0.253 e. The quantitative estimate of drug-likeness (QED) is 0.860. The lowest BCUT2D eigenvalue weighted by atomic mass is 10.3. The molecule has 1 aromatic rings. The van der Waals surface area contributed by atoms with E-state index in [0.717, 1.165) is 9.26 Å². The highest BCUT2D eigenvalue weighted by atomic mass is 127. The van der Waals surface area contributed by atoms with Crippen molar-refractivity contribution in [2.75, 3.05) is 12.4 Å². The van der Waals surface area contributed by atoms with E-state index in [9.17, 15) is 4.79 Å². The number of ether oxygens (including phenoxy) is 1. The van der Waals surface area contributed by atoms with Crippen LogP contribution >= 0.6 is 34.2 Å². The second kappa shape index (κ2) is 5.67. The molecule has 0 spiro atoms. The maximum absolute atomic E-state index is 11.5. The van der Waals surface area contributed by atoms with E-state index in [0.29, 0.717) is 5.02 Å². The molecular weight excluding hydrogens is 328 g/mol. The molecule has 0 saturated heterocycles. The van der Waals surface area contributed by atoms with Gasteiger partial charge in [-0.1, -0.05) is 11.6 Å². The monoisotopic (exact) mass is 339 g/mol. The molecule has 0 aliphatic carbocycles. The number of methoxy groups -OCH3 is 1. The van der Waals surface area contributed by atoms with Crippen molar-refractivity contribution in [1.29, 1.82) is 0 Å². The van der Waals surface area contributed by atoms with Crippen molar-refractivity contribution in [3.8, 4) is 0 Å². The number of halogens is 2. The van der Waals surface area contributed by atoms with Gasteiger partial charge >= 0.3 is 0 Å². The van der Waals surface area contributed by atoms with Crippen LogP contribution in [0.3, 0.4) is 0 Å². The van der Waals surface area contributed by atoms with E-state index in [1.807, 2.05) is 0 Å². The maximum atomic E-state index is 11.5. The summed E-state index contributed by atoms with van der Waals surface area (Å²) >= 11 is 7.92. The minimum Gasteiger partial charge on any atom is -0.372 e. The van der Waals surface area contributed by atoms with Gasteiger partial charge in [-0.05, 0) is 47.7 Å². The summed E-state index contributed by atoms with van der Waals surface area (Å²) in [7, 11) is 1.50.